The second-order valence-electron chi connectivity index (χ2n) is 3.18. The SMILES string of the molecule is C#CCNCC(C)NC1CC1. The summed E-state index contributed by atoms with van der Waals surface area (Å²) in [6.07, 6.45) is 7.79. The van der Waals surface area contributed by atoms with E-state index in [9.17, 15) is 0 Å². The predicted molar refractivity (Wildman–Crippen MR) is 47.3 cm³/mol. The number of hydrogen-bond acceptors (Lipinski definition) is 2. The molecule has 1 aliphatic carbocycles. The van der Waals surface area contributed by atoms with Crippen molar-refractivity contribution in [2.24, 2.45) is 0 Å². The van der Waals surface area contributed by atoms with E-state index in [0.29, 0.717) is 12.6 Å². The fraction of sp³-hybridized carbons (Fsp3) is 0.778. The van der Waals surface area contributed by atoms with Gasteiger partial charge in [0.25, 0.3) is 0 Å². The summed E-state index contributed by atoms with van der Waals surface area (Å²) in [4.78, 5) is 0. The van der Waals surface area contributed by atoms with E-state index in [-0.39, 0.29) is 0 Å². The molecule has 0 radical (unpaired) electrons. The summed E-state index contributed by atoms with van der Waals surface area (Å²) in [6.45, 7) is 3.83. The number of hydrogen-bond donors (Lipinski definition) is 2. The van der Waals surface area contributed by atoms with Crippen LogP contribution in [0.4, 0.5) is 0 Å². The molecular weight excluding hydrogens is 136 g/mol. The van der Waals surface area contributed by atoms with Crippen molar-refractivity contribution in [3.8, 4) is 12.3 Å². The minimum Gasteiger partial charge on any atom is -0.310 e. The number of terminal acetylenes is 1. The van der Waals surface area contributed by atoms with Gasteiger partial charge in [-0.25, -0.2) is 0 Å². The van der Waals surface area contributed by atoms with E-state index < -0.39 is 0 Å². The topological polar surface area (TPSA) is 24.1 Å². The summed E-state index contributed by atoms with van der Waals surface area (Å²) in [7, 11) is 0. The monoisotopic (exact) mass is 152 g/mol. The van der Waals surface area contributed by atoms with Gasteiger partial charge in [0.05, 0.1) is 6.54 Å². The molecule has 2 N–H and O–H groups in total. The summed E-state index contributed by atoms with van der Waals surface area (Å²) < 4.78 is 0. The molecule has 62 valence electrons. The van der Waals surface area contributed by atoms with Crippen molar-refractivity contribution in [3.63, 3.8) is 0 Å². The van der Waals surface area contributed by atoms with Crippen molar-refractivity contribution >= 4 is 0 Å². The normalized spacial score (nSPS) is 19.3. The second-order valence-corrected chi connectivity index (χ2v) is 3.18. The standard InChI is InChI=1S/C9H16N2/c1-3-6-10-7-8(2)11-9-4-5-9/h1,8-11H,4-7H2,2H3. The average Bonchev–Trinajstić information content (AvgIpc) is 2.72. The Morgan fingerprint density at radius 3 is 2.91 bits per heavy atom. The van der Waals surface area contributed by atoms with Crippen LogP contribution < -0.4 is 10.6 Å². The van der Waals surface area contributed by atoms with E-state index in [1.54, 1.807) is 0 Å². The van der Waals surface area contributed by atoms with Crippen LogP contribution in [0.5, 0.6) is 0 Å². The van der Waals surface area contributed by atoms with E-state index >= 15 is 0 Å². The smallest absolute Gasteiger partial charge is 0.0574 e. The first-order valence-corrected chi connectivity index (χ1v) is 4.23. The molecule has 1 rings (SSSR count). The molecule has 2 nitrogen and oxygen atoms in total. The minimum absolute atomic E-state index is 0.552. The highest BCUT2D eigenvalue weighted by molar-refractivity contribution is 4.88. The van der Waals surface area contributed by atoms with Crippen LogP contribution in [0.25, 0.3) is 0 Å². The Bertz CT molecular complexity index is 144. The van der Waals surface area contributed by atoms with Crippen LogP contribution >= 0.6 is 0 Å². The minimum atomic E-state index is 0.552. The molecule has 0 bridgehead atoms. The zero-order valence-electron chi connectivity index (χ0n) is 7.06. The molecule has 2 heteroatoms. The molecule has 0 heterocycles. The summed E-state index contributed by atoms with van der Waals surface area (Å²) >= 11 is 0. The van der Waals surface area contributed by atoms with Gasteiger partial charge < -0.3 is 10.6 Å². The first-order valence-electron chi connectivity index (χ1n) is 4.23. The Kier molecular flexibility index (Phi) is 3.41. The zero-order valence-corrected chi connectivity index (χ0v) is 7.06. The maximum absolute atomic E-state index is 5.10. The lowest BCUT2D eigenvalue weighted by atomic mass is 10.3. The zero-order chi connectivity index (χ0) is 8.10. The fourth-order valence-electron chi connectivity index (χ4n) is 1.07. The number of nitrogens with one attached hydrogen (secondary N) is 2. The first-order chi connectivity index (χ1) is 5.33. The second kappa shape index (κ2) is 4.38. The quantitative estimate of drug-likeness (QED) is 0.439. The van der Waals surface area contributed by atoms with Crippen LogP contribution in [0.3, 0.4) is 0 Å². The Morgan fingerprint density at radius 2 is 2.36 bits per heavy atom. The van der Waals surface area contributed by atoms with Crippen molar-refractivity contribution in [2.45, 2.75) is 31.8 Å². The van der Waals surface area contributed by atoms with E-state index in [4.69, 9.17) is 6.42 Å². The van der Waals surface area contributed by atoms with Crippen molar-refractivity contribution < 1.29 is 0 Å². The Hall–Kier alpha value is -0.520. The molecule has 0 aromatic carbocycles. The molecule has 1 fully saturated rings. The summed E-state index contributed by atoms with van der Waals surface area (Å²) in [5.41, 5.74) is 0. The van der Waals surface area contributed by atoms with Gasteiger partial charge in [0.2, 0.25) is 0 Å². The molecule has 0 aromatic rings. The van der Waals surface area contributed by atoms with Crippen LogP contribution in [-0.4, -0.2) is 25.2 Å². The highest BCUT2D eigenvalue weighted by atomic mass is 15.0. The molecule has 0 saturated heterocycles. The molecule has 0 amide bonds. The summed E-state index contributed by atoms with van der Waals surface area (Å²) in [6, 6.07) is 1.34. The fourth-order valence-corrected chi connectivity index (χ4v) is 1.07. The van der Waals surface area contributed by atoms with Gasteiger partial charge in [-0.2, -0.15) is 0 Å². The summed E-state index contributed by atoms with van der Waals surface area (Å²) in [5, 5.41) is 6.65. The third-order valence-electron chi connectivity index (χ3n) is 1.78. The van der Waals surface area contributed by atoms with Crippen molar-refractivity contribution in [1.82, 2.24) is 10.6 Å². The molecule has 0 aliphatic heterocycles. The lowest BCUT2D eigenvalue weighted by molar-refractivity contribution is 0.513. The predicted octanol–water partition coefficient (Wildman–Crippen LogP) is 0.350. The van der Waals surface area contributed by atoms with Crippen LogP contribution in [0, 0.1) is 12.3 Å². The van der Waals surface area contributed by atoms with Gasteiger partial charge >= 0.3 is 0 Å². The largest absolute Gasteiger partial charge is 0.310 e. The van der Waals surface area contributed by atoms with Crippen molar-refractivity contribution in [2.75, 3.05) is 13.1 Å². The number of rotatable bonds is 5. The third-order valence-corrected chi connectivity index (χ3v) is 1.78. The Labute approximate surface area is 68.8 Å². The molecule has 1 unspecified atom stereocenters. The van der Waals surface area contributed by atoms with E-state index in [2.05, 4.69) is 23.5 Å². The maximum atomic E-state index is 5.10. The van der Waals surface area contributed by atoms with Crippen LogP contribution in [0.1, 0.15) is 19.8 Å². The van der Waals surface area contributed by atoms with Crippen LogP contribution in [0.15, 0.2) is 0 Å². The third kappa shape index (κ3) is 4.02. The molecule has 1 aliphatic rings. The van der Waals surface area contributed by atoms with Gasteiger partial charge in [0, 0.05) is 18.6 Å². The highest BCUT2D eigenvalue weighted by Crippen LogP contribution is 2.18. The van der Waals surface area contributed by atoms with E-state index in [1.165, 1.54) is 12.8 Å². The summed E-state index contributed by atoms with van der Waals surface area (Å²) in [5.74, 6) is 2.55. The van der Waals surface area contributed by atoms with Gasteiger partial charge in [-0.1, -0.05) is 5.92 Å². The lowest BCUT2D eigenvalue weighted by Crippen LogP contribution is -2.37. The Balaban J connectivity index is 1.92. The van der Waals surface area contributed by atoms with Gasteiger partial charge in [-0.15, -0.1) is 6.42 Å². The van der Waals surface area contributed by atoms with Crippen molar-refractivity contribution in [1.29, 1.82) is 0 Å². The van der Waals surface area contributed by atoms with E-state index in [0.717, 1.165) is 12.6 Å². The van der Waals surface area contributed by atoms with Gasteiger partial charge in [0.15, 0.2) is 0 Å². The highest BCUT2D eigenvalue weighted by Gasteiger charge is 2.22. The molecule has 0 aromatic heterocycles. The molecule has 1 atom stereocenters. The Morgan fingerprint density at radius 1 is 1.64 bits per heavy atom. The maximum Gasteiger partial charge on any atom is 0.0574 e. The van der Waals surface area contributed by atoms with E-state index in [1.807, 2.05) is 0 Å². The molecular formula is C9H16N2. The van der Waals surface area contributed by atoms with Gasteiger partial charge in [-0.3, -0.25) is 0 Å². The van der Waals surface area contributed by atoms with Crippen LogP contribution in [0.2, 0.25) is 0 Å². The molecule has 0 spiro atoms. The average molecular weight is 152 g/mol. The molecule has 11 heavy (non-hydrogen) atoms. The first kappa shape index (κ1) is 8.58. The van der Waals surface area contributed by atoms with Gasteiger partial charge in [-0.05, 0) is 19.8 Å². The molecule has 1 saturated carbocycles. The van der Waals surface area contributed by atoms with Gasteiger partial charge in [0.1, 0.15) is 0 Å². The van der Waals surface area contributed by atoms with Crippen molar-refractivity contribution in [3.05, 3.63) is 0 Å². The van der Waals surface area contributed by atoms with Crippen LogP contribution in [-0.2, 0) is 0 Å². The lowest BCUT2D eigenvalue weighted by Gasteiger charge is -2.12.